The summed E-state index contributed by atoms with van der Waals surface area (Å²) in [4.78, 5) is 16.0. The Morgan fingerprint density at radius 1 is 1.23 bits per heavy atom. The van der Waals surface area contributed by atoms with Crippen molar-refractivity contribution in [1.29, 1.82) is 0 Å². The maximum atomic E-state index is 12.1. The first kappa shape index (κ1) is 17.8. The van der Waals surface area contributed by atoms with Gasteiger partial charge in [-0.05, 0) is 36.4 Å². The predicted molar refractivity (Wildman–Crippen MR) is 100 cm³/mol. The predicted octanol–water partition coefficient (Wildman–Crippen LogP) is 3.43. The Labute approximate surface area is 156 Å². The Morgan fingerprint density at radius 3 is 2.81 bits per heavy atom. The zero-order valence-corrected chi connectivity index (χ0v) is 14.9. The maximum Gasteiger partial charge on any atom is 0.319 e. The van der Waals surface area contributed by atoms with Crippen molar-refractivity contribution >= 4 is 23.3 Å². The van der Waals surface area contributed by atoms with E-state index in [0.717, 1.165) is 11.3 Å². The van der Waals surface area contributed by atoms with Crippen LogP contribution in [0.1, 0.15) is 0 Å². The normalized spacial score (nSPS) is 10.4. The average molecular weight is 372 g/mol. The lowest BCUT2D eigenvalue weighted by Crippen LogP contribution is -2.31. The molecule has 8 heteroatoms. The van der Waals surface area contributed by atoms with Crippen LogP contribution in [0, 0.1) is 0 Å². The zero-order valence-electron chi connectivity index (χ0n) is 14.1. The van der Waals surface area contributed by atoms with Crippen LogP contribution in [0.2, 0.25) is 5.02 Å². The Bertz CT molecular complexity index is 882. The van der Waals surface area contributed by atoms with Crippen LogP contribution in [-0.2, 0) is 6.54 Å². The number of methoxy groups -OCH3 is 1. The van der Waals surface area contributed by atoms with Crippen molar-refractivity contribution in [2.75, 3.05) is 19.0 Å². The minimum atomic E-state index is -0.341. The van der Waals surface area contributed by atoms with E-state index in [1.54, 1.807) is 35.3 Å². The lowest BCUT2D eigenvalue weighted by Gasteiger charge is -2.11. The minimum absolute atomic E-state index is 0.341. The van der Waals surface area contributed by atoms with E-state index in [-0.39, 0.29) is 6.03 Å². The van der Waals surface area contributed by atoms with Crippen molar-refractivity contribution < 1.29 is 9.53 Å². The molecular formula is C18H18ClN5O2. The highest BCUT2D eigenvalue weighted by atomic mass is 35.5. The van der Waals surface area contributed by atoms with Gasteiger partial charge < -0.3 is 15.4 Å². The SMILES string of the molecule is COc1ccc(Cl)cc1NC(=O)NCCn1ccc(-c2ccncc2)n1. The first-order valence-corrected chi connectivity index (χ1v) is 8.36. The van der Waals surface area contributed by atoms with Crippen molar-refractivity contribution in [3.8, 4) is 17.0 Å². The topological polar surface area (TPSA) is 81.1 Å². The van der Waals surface area contributed by atoms with Gasteiger partial charge in [-0.15, -0.1) is 0 Å². The summed E-state index contributed by atoms with van der Waals surface area (Å²) in [7, 11) is 1.53. The van der Waals surface area contributed by atoms with E-state index in [1.807, 2.05) is 24.4 Å². The van der Waals surface area contributed by atoms with E-state index >= 15 is 0 Å². The average Bonchev–Trinajstić information content (AvgIpc) is 3.11. The summed E-state index contributed by atoms with van der Waals surface area (Å²) in [5.74, 6) is 0.540. The summed E-state index contributed by atoms with van der Waals surface area (Å²) >= 11 is 5.95. The van der Waals surface area contributed by atoms with Crippen LogP contribution in [0.5, 0.6) is 5.75 Å². The number of carbonyl (C=O) groups excluding carboxylic acids is 1. The fourth-order valence-electron chi connectivity index (χ4n) is 2.39. The summed E-state index contributed by atoms with van der Waals surface area (Å²) in [5, 5.41) is 10.5. The monoisotopic (exact) mass is 371 g/mol. The molecule has 134 valence electrons. The number of benzene rings is 1. The number of hydrogen-bond donors (Lipinski definition) is 2. The molecule has 3 aromatic rings. The van der Waals surface area contributed by atoms with Crippen LogP contribution in [0.15, 0.2) is 55.0 Å². The summed E-state index contributed by atoms with van der Waals surface area (Å²) < 4.78 is 6.97. The van der Waals surface area contributed by atoms with Crippen molar-refractivity contribution in [2.45, 2.75) is 6.54 Å². The molecule has 2 amide bonds. The van der Waals surface area contributed by atoms with Crippen LogP contribution in [0.25, 0.3) is 11.3 Å². The van der Waals surface area contributed by atoms with Gasteiger partial charge in [-0.25, -0.2) is 4.79 Å². The molecule has 26 heavy (non-hydrogen) atoms. The molecule has 7 nitrogen and oxygen atoms in total. The number of carbonyl (C=O) groups is 1. The number of amides is 2. The highest BCUT2D eigenvalue weighted by Gasteiger charge is 2.08. The number of urea groups is 1. The van der Waals surface area contributed by atoms with Gasteiger partial charge in [0.2, 0.25) is 0 Å². The van der Waals surface area contributed by atoms with Crippen molar-refractivity contribution in [3.05, 3.63) is 60.0 Å². The quantitative estimate of drug-likeness (QED) is 0.695. The first-order chi connectivity index (χ1) is 12.7. The largest absolute Gasteiger partial charge is 0.495 e. The molecule has 2 N–H and O–H groups in total. The number of rotatable bonds is 6. The highest BCUT2D eigenvalue weighted by Crippen LogP contribution is 2.27. The lowest BCUT2D eigenvalue weighted by molar-refractivity contribution is 0.251. The molecule has 0 saturated heterocycles. The smallest absolute Gasteiger partial charge is 0.319 e. The minimum Gasteiger partial charge on any atom is -0.495 e. The van der Waals surface area contributed by atoms with Gasteiger partial charge in [0.15, 0.2) is 0 Å². The third kappa shape index (κ3) is 4.52. The van der Waals surface area contributed by atoms with Crippen molar-refractivity contribution in [1.82, 2.24) is 20.1 Å². The van der Waals surface area contributed by atoms with Crippen LogP contribution in [-0.4, -0.2) is 34.5 Å². The highest BCUT2D eigenvalue weighted by molar-refractivity contribution is 6.31. The third-order valence-corrected chi connectivity index (χ3v) is 3.89. The van der Waals surface area contributed by atoms with Gasteiger partial charge in [-0.2, -0.15) is 5.10 Å². The molecule has 0 aliphatic heterocycles. The Hall–Kier alpha value is -3.06. The van der Waals surface area contributed by atoms with E-state index in [2.05, 4.69) is 20.7 Å². The molecule has 0 aliphatic carbocycles. The molecular weight excluding hydrogens is 354 g/mol. The number of hydrogen-bond acceptors (Lipinski definition) is 4. The summed E-state index contributed by atoms with van der Waals surface area (Å²) in [5.41, 5.74) is 2.37. The van der Waals surface area contributed by atoms with Crippen LogP contribution >= 0.6 is 11.6 Å². The van der Waals surface area contributed by atoms with Gasteiger partial charge >= 0.3 is 6.03 Å². The standard InChI is InChI=1S/C18H18ClN5O2/c1-26-17-3-2-14(19)12-16(17)22-18(25)21-9-11-24-10-6-15(23-24)13-4-7-20-8-5-13/h2-8,10,12H,9,11H2,1H3,(H2,21,22,25). The molecule has 0 fully saturated rings. The number of nitrogens with zero attached hydrogens (tertiary/aromatic N) is 3. The Balaban J connectivity index is 1.52. The molecule has 3 rings (SSSR count). The molecule has 0 unspecified atom stereocenters. The Morgan fingerprint density at radius 2 is 2.04 bits per heavy atom. The second-order valence-corrected chi connectivity index (χ2v) is 5.86. The van der Waals surface area contributed by atoms with Gasteiger partial charge in [-0.3, -0.25) is 9.67 Å². The van der Waals surface area contributed by atoms with Crippen LogP contribution in [0.3, 0.4) is 0 Å². The zero-order chi connectivity index (χ0) is 18.4. The fourth-order valence-corrected chi connectivity index (χ4v) is 2.56. The van der Waals surface area contributed by atoms with Gasteiger partial charge in [0.05, 0.1) is 25.0 Å². The maximum absolute atomic E-state index is 12.1. The molecule has 0 spiro atoms. The molecule has 0 atom stereocenters. The molecule has 0 bridgehead atoms. The Kier molecular flexibility index (Phi) is 5.70. The second-order valence-electron chi connectivity index (χ2n) is 5.43. The van der Waals surface area contributed by atoms with Gasteiger partial charge in [0.25, 0.3) is 0 Å². The number of aromatic nitrogens is 3. The summed E-state index contributed by atoms with van der Waals surface area (Å²) in [6, 6.07) is 10.4. The number of halogens is 1. The fraction of sp³-hybridized carbons (Fsp3) is 0.167. The molecule has 2 heterocycles. The summed E-state index contributed by atoms with van der Waals surface area (Å²) in [6.07, 6.45) is 5.32. The molecule has 0 radical (unpaired) electrons. The number of pyridine rings is 1. The second kappa shape index (κ2) is 8.35. The van der Waals surface area contributed by atoms with Crippen molar-refractivity contribution in [3.63, 3.8) is 0 Å². The van der Waals surface area contributed by atoms with Crippen molar-refractivity contribution in [2.24, 2.45) is 0 Å². The van der Waals surface area contributed by atoms with E-state index < -0.39 is 0 Å². The van der Waals surface area contributed by atoms with E-state index in [9.17, 15) is 4.79 Å². The van der Waals surface area contributed by atoms with E-state index in [1.165, 1.54) is 7.11 Å². The number of nitrogens with one attached hydrogen (secondary N) is 2. The number of ether oxygens (including phenoxy) is 1. The van der Waals surface area contributed by atoms with Gasteiger partial charge in [-0.1, -0.05) is 11.6 Å². The van der Waals surface area contributed by atoms with Crippen LogP contribution in [0.4, 0.5) is 10.5 Å². The van der Waals surface area contributed by atoms with Gasteiger partial charge in [0.1, 0.15) is 5.75 Å². The lowest BCUT2D eigenvalue weighted by atomic mass is 10.2. The first-order valence-electron chi connectivity index (χ1n) is 7.98. The summed E-state index contributed by atoms with van der Waals surface area (Å²) in [6.45, 7) is 0.970. The van der Waals surface area contributed by atoms with E-state index in [0.29, 0.717) is 29.5 Å². The molecule has 1 aromatic carbocycles. The molecule has 0 aliphatic rings. The third-order valence-electron chi connectivity index (χ3n) is 3.65. The van der Waals surface area contributed by atoms with Gasteiger partial charge in [0, 0.05) is 35.7 Å². The molecule has 0 saturated carbocycles. The van der Waals surface area contributed by atoms with Crippen LogP contribution < -0.4 is 15.4 Å². The molecule has 2 aromatic heterocycles. The van der Waals surface area contributed by atoms with E-state index in [4.69, 9.17) is 16.3 Å². The number of anilines is 1.